The third-order valence-corrected chi connectivity index (χ3v) is 4.01. The number of aryl methyl sites for hydroxylation is 1. The third-order valence-electron chi connectivity index (χ3n) is 4.01. The molecule has 6 heteroatoms. The number of fused-ring (bicyclic) bond motifs is 1. The minimum atomic E-state index is -0.534. The quantitative estimate of drug-likeness (QED) is 0.805. The summed E-state index contributed by atoms with van der Waals surface area (Å²) in [7, 11) is 1.30. The second-order valence-corrected chi connectivity index (χ2v) is 5.58. The number of rotatable bonds is 3. The Balaban J connectivity index is 1.57. The molecule has 0 saturated heterocycles. The van der Waals surface area contributed by atoms with Gasteiger partial charge in [-0.05, 0) is 48.2 Å². The van der Waals surface area contributed by atoms with Crippen LogP contribution in [0.5, 0.6) is 0 Å². The maximum atomic E-state index is 12.2. The second kappa shape index (κ2) is 7.04. The van der Waals surface area contributed by atoms with Crippen LogP contribution in [0.4, 0.5) is 21.0 Å². The van der Waals surface area contributed by atoms with Gasteiger partial charge in [-0.2, -0.15) is 0 Å². The number of amides is 3. The van der Waals surface area contributed by atoms with E-state index in [1.54, 1.807) is 24.3 Å². The average Bonchev–Trinajstić information content (AvgIpc) is 2.99. The van der Waals surface area contributed by atoms with Crippen molar-refractivity contribution in [2.24, 2.45) is 0 Å². The van der Waals surface area contributed by atoms with E-state index >= 15 is 0 Å². The van der Waals surface area contributed by atoms with Gasteiger partial charge in [-0.15, -0.1) is 0 Å². The smallest absolute Gasteiger partial charge is 0.411 e. The molecule has 1 atom stereocenters. The van der Waals surface area contributed by atoms with Crippen molar-refractivity contribution in [3.63, 3.8) is 0 Å². The van der Waals surface area contributed by atoms with Gasteiger partial charge in [-0.3, -0.25) is 5.32 Å². The molecule has 1 aliphatic rings. The van der Waals surface area contributed by atoms with Crippen LogP contribution in [0.3, 0.4) is 0 Å². The number of urea groups is 1. The number of hydrogen-bond acceptors (Lipinski definition) is 3. The fourth-order valence-corrected chi connectivity index (χ4v) is 2.84. The van der Waals surface area contributed by atoms with Crippen LogP contribution in [0.25, 0.3) is 0 Å². The summed E-state index contributed by atoms with van der Waals surface area (Å²) in [4.78, 5) is 23.3. The van der Waals surface area contributed by atoms with Crippen molar-refractivity contribution in [2.75, 3.05) is 17.7 Å². The first kappa shape index (κ1) is 15.9. The molecule has 0 saturated carbocycles. The molecule has 3 rings (SSSR count). The van der Waals surface area contributed by atoms with Gasteiger partial charge in [0, 0.05) is 11.4 Å². The first-order valence-corrected chi connectivity index (χ1v) is 7.76. The number of anilines is 2. The normalized spacial score (nSPS) is 15.3. The molecule has 124 valence electrons. The molecule has 0 radical (unpaired) electrons. The number of carbonyl (C=O) groups is 2. The Bertz CT molecular complexity index is 743. The summed E-state index contributed by atoms with van der Waals surface area (Å²) < 4.78 is 4.52. The Hall–Kier alpha value is -3.02. The summed E-state index contributed by atoms with van der Waals surface area (Å²) in [6, 6.07) is 14.8. The lowest BCUT2D eigenvalue weighted by atomic mass is 10.1. The van der Waals surface area contributed by atoms with E-state index in [2.05, 4.69) is 32.8 Å². The Morgan fingerprint density at radius 2 is 1.67 bits per heavy atom. The summed E-state index contributed by atoms with van der Waals surface area (Å²) in [5, 5.41) is 8.35. The lowest BCUT2D eigenvalue weighted by Crippen LogP contribution is -2.31. The first-order valence-electron chi connectivity index (χ1n) is 7.76. The molecule has 6 nitrogen and oxygen atoms in total. The summed E-state index contributed by atoms with van der Waals surface area (Å²) >= 11 is 0. The lowest BCUT2D eigenvalue weighted by molar-refractivity contribution is 0.187. The predicted octanol–water partition coefficient (Wildman–Crippen LogP) is 3.67. The highest BCUT2D eigenvalue weighted by Crippen LogP contribution is 2.30. The minimum Gasteiger partial charge on any atom is -0.453 e. The standard InChI is InChI=1S/C18H19N3O3/c1-24-18(23)20-14-9-7-13(8-10-14)19-17(22)21-16-11-6-12-4-2-3-5-15(12)16/h2-5,7-10,16H,6,11H2,1H3,(H,20,23)(H2,19,21,22). The maximum Gasteiger partial charge on any atom is 0.411 e. The van der Waals surface area contributed by atoms with Crippen molar-refractivity contribution >= 4 is 23.5 Å². The topological polar surface area (TPSA) is 79.5 Å². The fraction of sp³-hybridized carbons (Fsp3) is 0.222. The average molecular weight is 325 g/mol. The summed E-state index contributed by atoms with van der Waals surface area (Å²) in [5.41, 5.74) is 3.72. The van der Waals surface area contributed by atoms with Crippen molar-refractivity contribution in [1.29, 1.82) is 0 Å². The van der Waals surface area contributed by atoms with Crippen LogP contribution in [0.1, 0.15) is 23.6 Å². The van der Waals surface area contributed by atoms with Crippen LogP contribution in [0.2, 0.25) is 0 Å². The van der Waals surface area contributed by atoms with Gasteiger partial charge in [0.15, 0.2) is 0 Å². The molecule has 0 aromatic heterocycles. The van der Waals surface area contributed by atoms with Gasteiger partial charge in [0.1, 0.15) is 0 Å². The van der Waals surface area contributed by atoms with Gasteiger partial charge in [0.05, 0.1) is 13.2 Å². The van der Waals surface area contributed by atoms with Crippen LogP contribution in [-0.2, 0) is 11.2 Å². The van der Waals surface area contributed by atoms with Crippen LogP contribution in [0.15, 0.2) is 48.5 Å². The number of nitrogens with one attached hydrogen (secondary N) is 3. The van der Waals surface area contributed by atoms with E-state index in [1.807, 2.05) is 12.1 Å². The Labute approximate surface area is 140 Å². The van der Waals surface area contributed by atoms with E-state index < -0.39 is 6.09 Å². The molecular weight excluding hydrogens is 306 g/mol. The van der Waals surface area contributed by atoms with E-state index in [9.17, 15) is 9.59 Å². The molecule has 2 aromatic carbocycles. The van der Waals surface area contributed by atoms with Crippen LogP contribution < -0.4 is 16.0 Å². The number of methoxy groups -OCH3 is 1. The van der Waals surface area contributed by atoms with Gasteiger partial charge in [0.25, 0.3) is 0 Å². The zero-order valence-electron chi connectivity index (χ0n) is 13.3. The van der Waals surface area contributed by atoms with Crippen LogP contribution in [-0.4, -0.2) is 19.2 Å². The molecule has 0 fully saturated rings. The Morgan fingerprint density at radius 1 is 1.00 bits per heavy atom. The minimum absolute atomic E-state index is 0.0430. The van der Waals surface area contributed by atoms with Crippen LogP contribution >= 0.6 is 0 Å². The lowest BCUT2D eigenvalue weighted by Gasteiger charge is -2.15. The zero-order chi connectivity index (χ0) is 16.9. The van der Waals surface area contributed by atoms with E-state index in [-0.39, 0.29) is 12.1 Å². The summed E-state index contributed by atoms with van der Waals surface area (Å²) in [6.45, 7) is 0. The van der Waals surface area contributed by atoms with Gasteiger partial charge >= 0.3 is 12.1 Å². The van der Waals surface area contributed by atoms with E-state index in [0.29, 0.717) is 11.4 Å². The SMILES string of the molecule is COC(=O)Nc1ccc(NC(=O)NC2CCc3ccccc32)cc1. The van der Waals surface area contributed by atoms with E-state index in [4.69, 9.17) is 0 Å². The third kappa shape index (κ3) is 3.65. The van der Waals surface area contributed by atoms with Crippen LogP contribution in [0, 0.1) is 0 Å². The zero-order valence-corrected chi connectivity index (χ0v) is 13.3. The van der Waals surface area contributed by atoms with E-state index in [1.165, 1.54) is 18.2 Å². The van der Waals surface area contributed by atoms with Gasteiger partial charge in [0.2, 0.25) is 0 Å². The monoisotopic (exact) mass is 325 g/mol. The predicted molar refractivity (Wildman–Crippen MR) is 92.1 cm³/mol. The summed E-state index contributed by atoms with van der Waals surface area (Å²) in [6.07, 6.45) is 1.36. The van der Waals surface area contributed by atoms with Crippen molar-refractivity contribution < 1.29 is 14.3 Å². The Kier molecular flexibility index (Phi) is 4.65. The number of ether oxygens (including phenoxy) is 1. The molecule has 0 heterocycles. The largest absolute Gasteiger partial charge is 0.453 e. The number of carbonyl (C=O) groups excluding carboxylic acids is 2. The molecular formula is C18H19N3O3. The molecule has 0 bridgehead atoms. The second-order valence-electron chi connectivity index (χ2n) is 5.58. The maximum absolute atomic E-state index is 12.2. The van der Waals surface area contributed by atoms with Crippen molar-refractivity contribution in [2.45, 2.75) is 18.9 Å². The fourth-order valence-electron chi connectivity index (χ4n) is 2.84. The highest BCUT2D eigenvalue weighted by Gasteiger charge is 2.23. The van der Waals surface area contributed by atoms with E-state index in [0.717, 1.165) is 12.8 Å². The number of hydrogen-bond donors (Lipinski definition) is 3. The van der Waals surface area contributed by atoms with Gasteiger partial charge < -0.3 is 15.4 Å². The molecule has 3 amide bonds. The summed E-state index contributed by atoms with van der Waals surface area (Å²) in [5.74, 6) is 0. The number of benzene rings is 2. The molecule has 0 spiro atoms. The molecule has 24 heavy (non-hydrogen) atoms. The first-order chi connectivity index (χ1) is 11.7. The van der Waals surface area contributed by atoms with Gasteiger partial charge in [-0.25, -0.2) is 9.59 Å². The van der Waals surface area contributed by atoms with Crippen molar-refractivity contribution in [3.8, 4) is 0 Å². The van der Waals surface area contributed by atoms with Crippen molar-refractivity contribution in [1.82, 2.24) is 5.32 Å². The molecule has 1 unspecified atom stereocenters. The highest BCUT2D eigenvalue weighted by molar-refractivity contribution is 5.90. The van der Waals surface area contributed by atoms with Gasteiger partial charge in [-0.1, -0.05) is 24.3 Å². The highest BCUT2D eigenvalue weighted by atomic mass is 16.5. The Morgan fingerprint density at radius 3 is 2.38 bits per heavy atom. The molecule has 2 aromatic rings. The van der Waals surface area contributed by atoms with Crippen molar-refractivity contribution in [3.05, 3.63) is 59.7 Å². The molecule has 1 aliphatic carbocycles. The molecule has 3 N–H and O–H groups in total. The molecule has 0 aliphatic heterocycles.